The van der Waals surface area contributed by atoms with Crippen LogP contribution in [0.15, 0.2) is 18.2 Å². The van der Waals surface area contributed by atoms with Gasteiger partial charge in [-0.05, 0) is 19.4 Å². The van der Waals surface area contributed by atoms with Gasteiger partial charge in [0.05, 0.1) is 11.0 Å². The van der Waals surface area contributed by atoms with Gasteiger partial charge in [0.25, 0.3) is 5.69 Å². The summed E-state index contributed by atoms with van der Waals surface area (Å²) in [6.07, 6.45) is 0.920. The molecule has 0 aliphatic carbocycles. The summed E-state index contributed by atoms with van der Waals surface area (Å²) in [5.74, 6) is 0. The van der Waals surface area contributed by atoms with Gasteiger partial charge in [-0.15, -0.1) is 0 Å². The molecule has 1 heterocycles. The van der Waals surface area contributed by atoms with Crippen LogP contribution >= 0.6 is 0 Å². The summed E-state index contributed by atoms with van der Waals surface area (Å²) in [4.78, 5) is 11.8. The topological polar surface area (TPSA) is 73.8 Å². The molecular weight excluding hydrogens is 208 g/mol. The van der Waals surface area contributed by atoms with Crippen molar-refractivity contribution < 1.29 is 4.92 Å². The van der Waals surface area contributed by atoms with Gasteiger partial charge in [-0.25, -0.2) is 0 Å². The minimum atomic E-state index is -0.429. The average Bonchev–Trinajstić information content (AvgIpc) is 2.70. The molecule has 2 rings (SSSR count). The lowest BCUT2D eigenvalue weighted by atomic mass is 10.3. The fraction of sp³-hybridized carbons (Fsp3) is 0.400. The maximum absolute atomic E-state index is 10.6. The van der Waals surface area contributed by atoms with E-state index < -0.39 is 4.92 Å². The quantitative estimate of drug-likeness (QED) is 0.587. The zero-order valence-electron chi connectivity index (χ0n) is 9.12. The van der Waals surface area contributed by atoms with Crippen molar-refractivity contribution in [2.24, 2.45) is 0 Å². The summed E-state index contributed by atoms with van der Waals surface area (Å²) in [6.45, 7) is 4.05. The monoisotopic (exact) mass is 220 g/mol. The van der Waals surface area contributed by atoms with E-state index in [1.54, 1.807) is 10.9 Å². The van der Waals surface area contributed by atoms with E-state index in [9.17, 15) is 10.1 Å². The lowest BCUT2D eigenvalue weighted by Crippen LogP contribution is -2.07. The minimum absolute atomic E-state index is 0.0451. The fourth-order valence-electron chi connectivity index (χ4n) is 1.39. The third kappa shape index (κ3) is 1.73. The molecule has 16 heavy (non-hydrogen) atoms. The van der Waals surface area contributed by atoms with Crippen molar-refractivity contribution in [2.75, 3.05) is 0 Å². The van der Waals surface area contributed by atoms with E-state index in [4.69, 9.17) is 0 Å². The zero-order chi connectivity index (χ0) is 11.7. The minimum Gasteiger partial charge on any atom is -0.258 e. The molecule has 2 aromatic rings. The van der Waals surface area contributed by atoms with E-state index in [2.05, 4.69) is 10.2 Å². The number of nitro benzene ring substituents is 1. The Labute approximate surface area is 92.0 Å². The van der Waals surface area contributed by atoms with Crippen molar-refractivity contribution in [2.45, 2.75) is 26.3 Å². The van der Waals surface area contributed by atoms with Crippen LogP contribution in [0.4, 0.5) is 5.69 Å². The number of rotatable bonds is 3. The molecule has 1 unspecified atom stereocenters. The van der Waals surface area contributed by atoms with E-state index in [0.29, 0.717) is 11.0 Å². The molecule has 0 aliphatic heterocycles. The zero-order valence-corrected chi connectivity index (χ0v) is 9.12. The maximum atomic E-state index is 10.6. The fourth-order valence-corrected chi connectivity index (χ4v) is 1.39. The van der Waals surface area contributed by atoms with Crippen molar-refractivity contribution in [1.29, 1.82) is 0 Å². The van der Waals surface area contributed by atoms with Crippen molar-refractivity contribution >= 4 is 16.7 Å². The van der Waals surface area contributed by atoms with Gasteiger partial charge in [0.1, 0.15) is 11.0 Å². The summed E-state index contributed by atoms with van der Waals surface area (Å²) < 4.78 is 0. The molecule has 0 radical (unpaired) electrons. The lowest BCUT2D eigenvalue weighted by molar-refractivity contribution is -0.384. The van der Waals surface area contributed by atoms with Crippen molar-refractivity contribution in [3.8, 4) is 0 Å². The summed E-state index contributed by atoms with van der Waals surface area (Å²) >= 11 is 0. The maximum Gasteiger partial charge on any atom is 0.271 e. The number of hydrogen-bond donors (Lipinski definition) is 0. The van der Waals surface area contributed by atoms with E-state index in [-0.39, 0.29) is 11.7 Å². The second kappa shape index (κ2) is 3.88. The van der Waals surface area contributed by atoms with Gasteiger partial charge in [0.2, 0.25) is 0 Å². The number of aromatic nitrogens is 3. The van der Waals surface area contributed by atoms with Crippen molar-refractivity contribution in [3.05, 3.63) is 28.3 Å². The van der Waals surface area contributed by atoms with Crippen LogP contribution in [0.3, 0.4) is 0 Å². The smallest absolute Gasteiger partial charge is 0.258 e. The summed E-state index contributed by atoms with van der Waals surface area (Å²) in [7, 11) is 0. The Hall–Kier alpha value is -1.98. The molecule has 0 saturated heterocycles. The molecule has 1 atom stereocenters. The van der Waals surface area contributed by atoms with Crippen LogP contribution in [-0.4, -0.2) is 19.9 Å². The Morgan fingerprint density at radius 3 is 2.75 bits per heavy atom. The van der Waals surface area contributed by atoms with Gasteiger partial charge >= 0.3 is 0 Å². The molecule has 1 aromatic carbocycles. The second-order valence-electron chi connectivity index (χ2n) is 3.71. The average molecular weight is 220 g/mol. The van der Waals surface area contributed by atoms with Crippen molar-refractivity contribution in [3.63, 3.8) is 0 Å². The number of fused-ring (bicyclic) bond motifs is 1. The molecule has 0 saturated carbocycles. The molecule has 6 heteroatoms. The van der Waals surface area contributed by atoms with Crippen LogP contribution < -0.4 is 0 Å². The Morgan fingerprint density at radius 1 is 1.44 bits per heavy atom. The summed E-state index contributed by atoms with van der Waals surface area (Å²) in [6, 6.07) is 4.71. The van der Waals surface area contributed by atoms with Crippen LogP contribution in [0.5, 0.6) is 0 Å². The van der Waals surface area contributed by atoms with E-state index in [1.165, 1.54) is 12.1 Å². The Kier molecular flexibility index (Phi) is 2.55. The van der Waals surface area contributed by atoms with Crippen LogP contribution in [0.2, 0.25) is 0 Å². The number of benzene rings is 1. The number of nitro groups is 1. The summed E-state index contributed by atoms with van der Waals surface area (Å²) in [5.41, 5.74) is 1.30. The van der Waals surface area contributed by atoms with Crippen LogP contribution in [0.1, 0.15) is 26.3 Å². The molecule has 0 amide bonds. The Morgan fingerprint density at radius 2 is 2.12 bits per heavy atom. The molecule has 0 aliphatic rings. The first-order valence-electron chi connectivity index (χ1n) is 5.12. The standard InChI is InChI=1S/C10H12N4O2/c1-3-7(2)13-11-9-5-4-8(14(15)16)6-10(9)12-13/h4-7H,3H2,1-2H3. The molecule has 1 aromatic heterocycles. The third-order valence-corrected chi connectivity index (χ3v) is 2.58. The van der Waals surface area contributed by atoms with Crippen LogP contribution in [0, 0.1) is 10.1 Å². The SMILES string of the molecule is CCC(C)n1nc2ccc([N+](=O)[O-])cc2n1. The van der Waals surface area contributed by atoms with Gasteiger partial charge < -0.3 is 0 Å². The molecule has 0 fully saturated rings. The normalized spacial score (nSPS) is 12.9. The predicted octanol–water partition coefficient (Wildman–Crippen LogP) is 2.31. The largest absolute Gasteiger partial charge is 0.271 e. The number of nitrogens with zero attached hydrogens (tertiary/aromatic N) is 4. The predicted molar refractivity (Wildman–Crippen MR) is 59.2 cm³/mol. The Balaban J connectivity index is 2.49. The first-order valence-corrected chi connectivity index (χ1v) is 5.12. The molecule has 0 bridgehead atoms. The van der Waals surface area contributed by atoms with Gasteiger partial charge in [0, 0.05) is 12.1 Å². The highest BCUT2D eigenvalue weighted by atomic mass is 16.6. The highest BCUT2D eigenvalue weighted by Crippen LogP contribution is 2.19. The number of non-ortho nitro benzene ring substituents is 1. The Bertz CT molecular complexity index is 535. The van der Waals surface area contributed by atoms with Crippen LogP contribution in [0.25, 0.3) is 11.0 Å². The van der Waals surface area contributed by atoms with Gasteiger partial charge in [-0.1, -0.05) is 6.92 Å². The first-order chi connectivity index (χ1) is 7.61. The highest BCUT2D eigenvalue weighted by molar-refractivity contribution is 5.76. The molecule has 84 valence electrons. The first kappa shape index (κ1) is 10.5. The van der Waals surface area contributed by atoms with E-state index >= 15 is 0 Å². The molecule has 6 nitrogen and oxygen atoms in total. The van der Waals surface area contributed by atoms with Gasteiger partial charge in [-0.2, -0.15) is 15.0 Å². The number of hydrogen-bond acceptors (Lipinski definition) is 4. The highest BCUT2D eigenvalue weighted by Gasteiger charge is 2.11. The summed E-state index contributed by atoms with van der Waals surface area (Å²) in [5, 5.41) is 19.1. The molecule has 0 N–H and O–H groups in total. The van der Waals surface area contributed by atoms with E-state index in [0.717, 1.165) is 6.42 Å². The van der Waals surface area contributed by atoms with Gasteiger partial charge in [0.15, 0.2) is 0 Å². The van der Waals surface area contributed by atoms with Crippen LogP contribution in [-0.2, 0) is 0 Å². The lowest BCUT2D eigenvalue weighted by Gasteiger charge is -2.04. The molecule has 0 spiro atoms. The van der Waals surface area contributed by atoms with Crippen molar-refractivity contribution in [1.82, 2.24) is 15.0 Å². The molecular formula is C10H12N4O2. The van der Waals surface area contributed by atoms with Gasteiger partial charge in [-0.3, -0.25) is 10.1 Å². The third-order valence-electron chi connectivity index (χ3n) is 2.58. The van der Waals surface area contributed by atoms with E-state index in [1.807, 2.05) is 13.8 Å². The second-order valence-corrected chi connectivity index (χ2v) is 3.71.